The van der Waals surface area contributed by atoms with Crippen LogP contribution in [0.4, 0.5) is 0 Å². The lowest BCUT2D eigenvalue weighted by atomic mass is 10.0. The van der Waals surface area contributed by atoms with Gasteiger partial charge in [0.1, 0.15) is 11.6 Å². The SMILES string of the molecule is N#Cc1c[nH]n2c(=O)cc(CN3CCCCCc4ccccc4C3)nc12. The number of hydrogen-bond acceptors (Lipinski definition) is 4. The number of benzene rings is 1. The fraction of sp³-hybridized carbons (Fsp3) is 0.350. The number of rotatable bonds is 2. The number of aromatic nitrogens is 3. The van der Waals surface area contributed by atoms with E-state index in [4.69, 9.17) is 0 Å². The summed E-state index contributed by atoms with van der Waals surface area (Å²) in [5.41, 5.74) is 4.09. The molecule has 6 nitrogen and oxygen atoms in total. The van der Waals surface area contributed by atoms with Gasteiger partial charge in [-0.3, -0.25) is 14.8 Å². The maximum atomic E-state index is 12.3. The van der Waals surface area contributed by atoms with Crippen molar-refractivity contribution in [3.05, 3.63) is 69.3 Å². The molecule has 2 aromatic heterocycles. The Hall–Kier alpha value is -2.91. The van der Waals surface area contributed by atoms with Crippen molar-refractivity contribution in [1.29, 1.82) is 5.26 Å². The zero-order valence-electron chi connectivity index (χ0n) is 14.6. The summed E-state index contributed by atoms with van der Waals surface area (Å²) in [5.74, 6) is 0. The molecule has 1 aromatic carbocycles. The highest BCUT2D eigenvalue weighted by Crippen LogP contribution is 2.19. The van der Waals surface area contributed by atoms with Gasteiger partial charge in [0.25, 0.3) is 5.56 Å². The summed E-state index contributed by atoms with van der Waals surface area (Å²) >= 11 is 0. The molecule has 3 aromatic rings. The van der Waals surface area contributed by atoms with Gasteiger partial charge in [-0.25, -0.2) is 9.50 Å². The number of hydrogen-bond donors (Lipinski definition) is 1. The van der Waals surface area contributed by atoms with Crippen LogP contribution in [0.25, 0.3) is 5.65 Å². The summed E-state index contributed by atoms with van der Waals surface area (Å²) in [4.78, 5) is 19.2. The lowest BCUT2D eigenvalue weighted by molar-refractivity contribution is 0.249. The topological polar surface area (TPSA) is 77.2 Å². The van der Waals surface area contributed by atoms with E-state index in [0.29, 0.717) is 23.4 Å². The molecule has 0 amide bonds. The van der Waals surface area contributed by atoms with E-state index in [1.54, 1.807) is 6.07 Å². The van der Waals surface area contributed by atoms with Gasteiger partial charge in [-0.1, -0.05) is 30.7 Å². The van der Waals surface area contributed by atoms with E-state index in [9.17, 15) is 10.1 Å². The first-order chi connectivity index (χ1) is 12.7. The van der Waals surface area contributed by atoms with E-state index in [-0.39, 0.29) is 5.56 Å². The number of nitrogens with zero attached hydrogens (tertiary/aromatic N) is 4. The summed E-state index contributed by atoms with van der Waals surface area (Å²) in [6.07, 6.45) is 6.21. The molecular weight excluding hydrogens is 326 g/mol. The number of fused-ring (bicyclic) bond motifs is 2. The molecule has 0 unspecified atom stereocenters. The van der Waals surface area contributed by atoms with Crippen molar-refractivity contribution in [2.45, 2.75) is 38.8 Å². The lowest BCUT2D eigenvalue weighted by Crippen LogP contribution is -2.26. The molecule has 0 aliphatic carbocycles. The summed E-state index contributed by atoms with van der Waals surface area (Å²) in [6.45, 7) is 2.44. The van der Waals surface area contributed by atoms with Crippen molar-refractivity contribution in [1.82, 2.24) is 19.5 Å². The standard InChI is InChI=1S/C20H21N5O/c21-11-17-12-22-25-19(26)10-18(23-20(17)25)14-24-9-5-1-2-6-15-7-3-4-8-16(15)13-24/h3-4,7-8,10,12,22H,1-2,5-6,9,13-14H2. The quantitative estimate of drug-likeness (QED) is 0.773. The van der Waals surface area contributed by atoms with Crippen LogP contribution in [0, 0.1) is 11.3 Å². The largest absolute Gasteiger partial charge is 0.295 e. The van der Waals surface area contributed by atoms with Crippen LogP contribution in [-0.4, -0.2) is 26.0 Å². The van der Waals surface area contributed by atoms with Gasteiger partial charge in [-0.15, -0.1) is 0 Å². The molecule has 132 valence electrons. The molecule has 6 heteroatoms. The van der Waals surface area contributed by atoms with Gasteiger partial charge >= 0.3 is 0 Å². The van der Waals surface area contributed by atoms with Crippen LogP contribution < -0.4 is 5.56 Å². The van der Waals surface area contributed by atoms with Gasteiger partial charge in [0.05, 0.1) is 5.69 Å². The molecule has 1 N–H and O–H groups in total. The third-order valence-corrected chi connectivity index (χ3v) is 4.99. The molecule has 26 heavy (non-hydrogen) atoms. The Morgan fingerprint density at radius 2 is 2.04 bits per heavy atom. The van der Waals surface area contributed by atoms with E-state index in [2.05, 4.69) is 45.3 Å². The number of aryl methyl sites for hydroxylation is 1. The van der Waals surface area contributed by atoms with Crippen LogP contribution in [0.15, 0.2) is 41.3 Å². The second-order valence-corrected chi connectivity index (χ2v) is 6.83. The van der Waals surface area contributed by atoms with Crippen molar-refractivity contribution in [2.24, 2.45) is 0 Å². The zero-order valence-corrected chi connectivity index (χ0v) is 14.6. The Morgan fingerprint density at radius 3 is 2.88 bits per heavy atom. The number of H-pyrrole nitrogens is 1. The second kappa shape index (κ2) is 7.14. The van der Waals surface area contributed by atoms with E-state index in [1.807, 2.05) is 0 Å². The molecule has 0 bridgehead atoms. The van der Waals surface area contributed by atoms with Crippen molar-refractivity contribution in [3.8, 4) is 6.07 Å². The van der Waals surface area contributed by atoms with Gasteiger partial charge in [-0.2, -0.15) is 5.26 Å². The molecule has 0 spiro atoms. The van der Waals surface area contributed by atoms with Crippen molar-refractivity contribution in [3.63, 3.8) is 0 Å². The van der Waals surface area contributed by atoms with Crippen LogP contribution in [0.5, 0.6) is 0 Å². The van der Waals surface area contributed by atoms with Crippen LogP contribution in [0.1, 0.15) is 41.6 Å². The fourth-order valence-electron chi connectivity index (χ4n) is 3.66. The van der Waals surface area contributed by atoms with Gasteiger partial charge in [0.2, 0.25) is 0 Å². The average molecular weight is 347 g/mol. The van der Waals surface area contributed by atoms with Crippen LogP contribution in [0.3, 0.4) is 0 Å². The van der Waals surface area contributed by atoms with Gasteiger partial charge in [-0.05, 0) is 36.9 Å². The highest BCUT2D eigenvalue weighted by Gasteiger charge is 2.15. The molecular formula is C20H21N5O. The molecule has 3 heterocycles. The van der Waals surface area contributed by atoms with Crippen molar-refractivity contribution < 1.29 is 0 Å². The molecule has 4 rings (SSSR count). The normalized spacial score (nSPS) is 15.7. The Bertz CT molecular complexity index is 1030. The fourth-order valence-corrected chi connectivity index (χ4v) is 3.66. The highest BCUT2D eigenvalue weighted by molar-refractivity contribution is 5.53. The van der Waals surface area contributed by atoms with Gasteiger partial charge in [0, 0.05) is 25.4 Å². The van der Waals surface area contributed by atoms with E-state index in [0.717, 1.165) is 25.9 Å². The molecule has 1 aliphatic rings. The highest BCUT2D eigenvalue weighted by atomic mass is 16.1. The van der Waals surface area contributed by atoms with Crippen LogP contribution >= 0.6 is 0 Å². The van der Waals surface area contributed by atoms with E-state index >= 15 is 0 Å². The first-order valence-electron chi connectivity index (χ1n) is 9.04. The first-order valence-corrected chi connectivity index (χ1v) is 9.04. The lowest BCUT2D eigenvalue weighted by Gasteiger charge is -2.22. The monoisotopic (exact) mass is 347 g/mol. The summed E-state index contributed by atoms with van der Waals surface area (Å²) in [7, 11) is 0. The molecule has 0 saturated heterocycles. The third-order valence-electron chi connectivity index (χ3n) is 4.99. The predicted octanol–water partition coefficient (Wildman–Crippen LogP) is 2.62. The Balaban J connectivity index is 1.65. The number of aromatic amines is 1. The Kier molecular flexibility index (Phi) is 4.55. The molecule has 0 radical (unpaired) electrons. The molecule has 0 saturated carbocycles. The maximum Gasteiger partial charge on any atom is 0.272 e. The minimum atomic E-state index is -0.184. The van der Waals surface area contributed by atoms with Gasteiger partial charge in [0.15, 0.2) is 5.65 Å². The van der Waals surface area contributed by atoms with Crippen molar-refractivity contribution in [2.75, 3.05) is 6.54 Å². The van der Waals surface area contributed by atoms with Gasteiger partial charge < -0.3 is 0 Å². The van der Waals surface area contributed by atoms with Crippen molar-refractivity contribution >= 4 is 5.65 Å². The second-order valence-electron chi connectivity index (χ2n) is 6.83. The molecule has 1 aliphatic heterocycles. The maximum absolute atomic E-state index is 12.3. The summed E-state index contributed by atoms with van der Waals surface area (Å²) in [6, 6.07) is 12.2. The van der Waals surface area contributed by atoms with Crippen LogP contribution in [-0.2, 0) is 19.5 Å². The summed E-state index contributed by atoms with van der Waals surface area (Å²) < 4.78 is 1.32. The average Bonchev–Trinajstić information content (AvgIpc) is 3.09. The minimum Gasteiger partial charge on any atom is -0.295 e. The minimum absolute atomic E-state index is 0.184. The van der Waals surface area contributed by atoms with Crippen LogP contribution in [0.2, 0.25) is 0 Å². The third kappa shape index (κ3) is 3.26. The smallest absolute Gasteiger partial charge is 0.272 e. The number of nitriles is 1. The predicted molar refractivity (Wildman–Crippen MR) is 98.6 cm³/mol. The zero-order chi connectivity index (χ0) is 17.9. The Morgan fingerprint density at radius 1 is 1.19 bits per heavy atom. The van der Waals surface area contributed by atoms with E-state index in [1.165, 1.54) is 34.7 Å². The summed E-state index contributed by atoms with van der Waals surface area (Å²) in [5, 5.41) is 12.0. The first kappa shape index (κ1) is 16.6. The Labute approximate surface area is 151 Å². The van der Waals surface area contributed by atoms with E-state index < -0.39 is 0 Å². The molecule has 0 fully saturated rings. The molecule has 0 atom stereocenters. The number of nitrogens with one attached hydrogen (secondary N) is 1.